The van der Waals surface area contributed by atoms with Crippen molar-refractivity contribution in [3.8, 4) is 0 Å². The summed E-state index contributed by atoms with van der Waals surface area (Å²) >= 11 is 0. The number of nitrogens with one attached hydrogen (secondary N) is 1. The van der Waals surface area contributed by atoms with Crippen molar-refractivity contribution >= 4 is 17.8 Å². The van der Waals surface area contributed by atoms with E-state index in [2.05, 4.69) is 5.32 Å². The van der Waals surface area contributed by atoms with Crippen LogP contribution in [0.15, 0.2) is 24.3 Å². The van der Waals surface area contributed by atoms with Crippen LogP contribution in [0.25, 0.3) is 0 Å². The zero-order valence-corrected chi connectivity index (χ0v) is 11.5. The molecular weight excluding hydrogens is 274 g/mol. The van der Waals surface area contributed by atoms with Gasteiger partial charge in [-0.2, -0.15) is 0 Å². The predicted octanol–water partition coefficient (Wildman–Crippen LogP) is -0.364. The van der Waals surface area contributed by atoms with Gasteiger partial charge in [0, 0.05) is 12.0 Å². The van der Waals surface area contributed by atoms with Crippen LogP contribution in [-0.4, -0.2) is 35.5 Å². The smallest absolute Gasteiger partial charge is 0.326 e. The SMILES string of the molecule is NCCc1ccc(C(=O)N[C@@H](CCC(N)=O)C(=O)O)cc1. The summed E-state index contributed by atoms with van der Waals surface area (Å²) in [6.45, 7) is 0.514. The van der Waals surface area contributed by atoms with Crippen molar-refractivity contribution in [2.45, 2.75) is 25.3 Å². The Morgan fingerprint density at radius 1 is 1.19 bits per heavy atom. The number of hydrogen-bond acceptors (Lipinski definition) is 4. The third-order valence-electron chi connectivity index (χ3n) is 2.93. The highest BCUT2D eigenvalue weighted by Crippen LogP contribution is 2.06. The summed E-state index contributed by atoms with van der Waals surface area (Å²) in [5.41, 5.74) is 11.8. The first-order valence-electron chi connectivity index (χ1n) is 6.55. The van der Waals surface area contributed by atoms with Crippen molar-refractivity contribution < 1.29 is 19.5 Å². The molecule has 6 N–H and O–H groups in total. The van der Waals surface area contributed by atoms with Crippen LogP contribution in [0.2, 0.25) is 0 Å². The highest BCUT2D eigenvalue weighted by Gasteiger charge is 2.21. The molecule has 1 atom stereocenters. The Hall–Kier alpha value is -2.41. The van der Waals surface area contributed by atoms with Gasteiger partial charge in [-0.25, -0.2) is 4.79 Å². The number of benzene rings is 1. The number of carbonyl (C=O) groups is 3. The molecule has 1 aromatic carbocycles. The second-order valence-electron chi connectivity index (χ2n) is 4.60. The average molecular weight is 293 g/mol. The molecule has 7 nitrogen and oxygen atoms in total. The molecule has 21 heavy (non-hydrogen) atoms. The number of nitrogens with two attached hydrogens (primary N) is 2. The van der Waals surface area contributed by atoms with Gasteiger partial charge in [-0.3, -0.25) is 9.59 Å². The van der Waals surface area contributed by atoms with Crippen molar-refractivity contribution in [1.29, 1.82) is 0 Å². The molecule has 0 aliphatic rings. The molecule has 0 aromatic heterocycles. The Kier molecular flexibility index (Phi) is 6.35. The van der Waals surface area contributed by atoms with Gasteiger partial charge in [-0.15, -0.1) is 0 Å². The second-order valence-corrected chi connectivity index (χ2v) is 4.60. The lowest BCUT2D eigenvalue weighted by atomic mass is 10.1. The maximum absolute atomic E-state index is 12.0. The number of primary amides is 1. The lowest BCUT2D eigenvalue weighted by Gasteiger charge is -2.13. The summed E-state index contributed by atoms with van der Waals surface area (Å²) in [6.07, 6.45) is 0.562. The third-order valence-corrected chi connectivity index (χ3v) is 2.93. The molecule has 0 aliphatic carbocycles. The number of amides is 2. The van der Waals surface area contributed by atoms with E-state index in [1.165, 1.54) is 0 Å². The molecule has 114 valence electrons. The maximum Gasteiger partial charge on any atom is 0.326 e. The van der Waals surface area contributed by atoms with Crippen LogP contribution in [-0.2, 0) is 16.0 Å². The zero-order valence-electron chi connectivity index (χ0n) is 11.5. The quantitative estimate of drug-likeness (QED) is 0.519. The number of rotatable bonds is 8. The molecule has 0 spiro atoms. The average Bonchev–Trinajstić information content (AvgIpc) is 2.43. The Morgan fingerprint density at radius 3 is 2.29 bits per heavy atom. The molecule has 7 heteroatoms. The Balaban J connectivity index is 2.67. The zero-order chi connectivity index (χ0) is 15.8. The molecule has 0 fully saturated rings. The molecule has 0 unspecified atom stereocenters. The molecular formula is C14H19N3O4. The van der Waals surface area contributed by atoms with E-state index >= 15 is 0 Å². The maximum atomic E-state index is 12.0. The Bertz CT molecular complexity index is 513. The first-order valence-corrected chi connectivity index (χ1v) is 6.55. The van der Waals surface area contributed by atoms with E-state index in [4.69, 9.17) is 16.6 Å². The Morgan fingerprint density at radius 2 is 1.81 bits per heavy atom. The molecule has 1 rings (SSSR count). The highest BCUT2D eigenvalue weighted by atomic mass is 16.4. The van der Waals surface area contributed by atoms with Gasteiger partial charge < -0.3 is 21.9 Å². The van der Waals surface area contributed by atoms with Gasteiger partial charge in [0.25, 0.3) is 5.91 Å². The number of aliphatic carboxylic acids is 1. The van der Waals surface area contributed by atoms with Crippen molar-refractivity contribution in [3.05, 3.63) is 35.4 Å². The monoisotopic (exact) mass is 293 g/mol. The normalized spacial score (nSPS) is 11.7. The first-order chi connectivity index (χ1) is 9.93. The summed E-state index contributed by atoms with van der Waals surface area (Å²) in [7, 11) is 0. The first kappa shape index (κ1) is 16.6. The largest absolute Gasteiger partial charge is 0.480 e. The van der Waals surface area contributed by atoms with Gasteiger partial charge in [0.1, 0.15) is 6.04 Å². The van der Waals surface area contributed by atoms with Gasteiger partial charge in [0.05, 0.1) is 0 Å². The van der Waals surface area contributed by atoms with Crippen LogP contribution in [0, 0.1) is 0 Å². The molecule has 1 aromatic rings. The third kappa shape index (κ3) is 5.62. The molecule has 2 amide bonds. The molecule has 0 heterocycles. The van der Waals surface area contributed by atoms with Crippen LogP contribution in [0.5, 0.6) is 0 Å². The minimum atomic E-state index is -1.20. The van der Waals surface area contributed by atoms with Gasteiger partial charge in [-0.05, 0) is 37.1 Å². The van der Waals surface area contributed by atoms with E-state index in [9.17, 15) is 14.4 Å². The van der Waals surface area contributed by atoms with Crippen LogP contribution in [0.1, 0.15) is 28.8 Å². The number of carboxylic acid groups (broad SMARTS) is 1. The van der Waals surface area contributed by atoms with E-state index < -0.39 is 23.8 Å². The van der Waals surface area contributed by atoms with Gasteiger partial charge in [0.15, 0.2) is 0 Å². The van der Waals surface area contributed by atoms with Crippen molar-refractivity contribution in [2.75, 3.05) is 6.54 Å². The molecule has 0 saturated carbocycles. The molecule has 0 bridgehead atoms. The summed E-state index contributed by atoms with van der Waals surface area (Å²) in [4.78, 5) is 33.7. The van der Waals surface area contributed by atoms with E-state index in [1.807, 2.05) is 0 Å². The fraction of sp³-hybridized carbons (Fsp3) is 0.357. The lowest BCUT2D eigenvalue weighted by Crippen LogP contribution is -2.41. The fourth-order valence-corrected chi connectivity index (χ4v) is 1.78. The number of carbonyl (C=O) groups excluding carboxylic acids is 2. The summed E-state index contributed by atoms with van der Waals surface area (Å²) in [5.74, 6) is -2.32. The highest BCUT2D eigenvalue weighted by molar-refractivity contribution is 5.96. The van der Waals surface area contributed by atoms with Gasteiger partial charge in [0.2, 0.25) is 5.91 Å². The van der Waals surface area contributed by atoms with Crippen molar-refractivity contribution in [2.24, 2.45) is 11.5 Å². The summed E-state index contributed by atoms with van der Waals surface area (Å²) in [6, 6.07) is 5.59. The van der Waals surface area contributed by atoms with E-state index in [1.54, 1.807) is 24.3 Å². The predicted molar refractivity (Wildman–Crippen MR) is 76.5 cm³/mol. The molecule has 0 saturated heterocycles. The minimum Gasteiger partial charge on any atom is -0.480 e. The Labute approximate surface area is 122 Å². The summed E-state index contributed by atoms with van der Waals surface area (Å²) in [5, 5.41) is 11.4. The van der Waals surface area contributed by atoms with Crippen LogP contribution < -0.4 is 16.8 Å². The lowest BCUT2D eigenvalue weighted by molar-refractivity contribution is -0.139. The fourth-order valence-electron chi connectivity index (χ4n) is 1.78. The van der Waals surface area contributed by atoms with Gasteiger partial charge in [-0.1, -0.05) is 12.1 Å². The van der Waals surface area contributed by atoms with Crippen molar-refractivity contribution in [3.63, 3.8) is 0 Å². The van der Waals surface area contributed by atoms with Crippen LogP contribution >= 0.6 is 0 Å². The van der Waals surface area contributed by atoms with E-state index in [-0.39, 0.29) is 12.8 Å². The summed E-state index contributed by atoms with van der Waals surface area (Å²) < 4.78 is 0. The standard InChI is InChI=1S/C14H19N3O4/c15-8-7-9-1-3-10(4-2-9)13(19)17-11(14(20)21)5-6-12(16)18/h1-4,11H,5-8,15H2,(H2,16,18)(H,17,19)(H,20,21)/t11-/m0/s1. The van der Waals surface area contributed by atoms with Gasteiger partial charge >= 0.3 is 5.97 Å². The van der Waals surface area contributed by atoms with E-state index in [0.717, 1.165) is 5.56 Å². The second kappa shape index (κ2) is 8.01. The van der Waals surface area contributed by atoms with E-state index in [0.29, 0.717) is 18.5 Å². The van der Waals surface area contributed by atoms with Crippen molar-refractivity contribution in [1.82, 2.24) is 5.32 Å². The molecule has 0 aliphatic heterocycles. The van der Waals surface area contributed by atoms with Crippen LogP contribution in [0.4, 0.5) is 0 Å². The minimum absolute atomic E-state index is 0.0400. The number of carboxylic acids is 1. The van der Waals surface area contributed by atoms with Crippen LogP contribution in [0.3, 0.4) is 0 Å². The number of hydrogen-bond donors (Lipinski definition) is 4. The molecule has 0 radical (unpaired) electrons. The topological polar surface area (TPSA) is 136 Å².